The number of nitro groups is 1. The van der Waals surface area contributed by atoms with E-state index in [-0.39, 0.29) is 34.4 Å². The van der Waals surface area contributed by atoms with Crippen molar-refractivity contribution in [2.75, 3.05) is 20.3 Å². The maximum Gasteiger partial charge on any atom is 0.338 e. The molecule has 0 radical (unpaired) electrons. The molecule has 13 nitrogen and oxygen atoms in total. The van der Waals surface area contributed by atoms with E-state index in [1.807, 2.05) is 0 Å². The first-order valence-corrected chi connectivity index (χ1v) is 11.5. The van der Waals surface area contributed by atoms with Crippen LogP contribution in [0, 0.1) is 10.1 Å². The lowest BCUT2D eigenvalue weighted by atomic mass is 9.95. The molecule has 14 heteroatoms. The molecule has 3 amide bonds. The van der Waals surface area contributed by atoms with E-state index in [1.165, 1.54) is 37.6 Å². The number of carbonyl (C=O) groups excluding carboxylic acids is 3. The second kappa shape index (κ2) is 12.5. The first-order valence-electron chi connectivity index (χ1n) is 11.2. The van der Waals surface area contributed by atoms with Gasteiger partial charge in [0.2, 0.25) is 0 Å². The third kappa shape index (κ3) is 6.76. The summed E-state index contributed by atoms with van der Waals surface area (Å²) in [7, 11) is 1.40. The number of hydrazone groups is 1. The minimum atomic E-state index is -0.799. The lowest BCUT2D eigenvalue weighted by molar-refractivity contribution is -0.384. The molecule has 1 aliphatic heterocycles. The van der Waals surface area contributed by atoms with Gasteiger partial charge in [-0.1, -0.05) is 23.7 Å². The van der Waals surface area contributed by atoms with Crippen LogP contribution in [0.5, 0.6) is 11.5 Å². The maximum atomic E-state index is 12.5. The molecular formula is C24H24ClN5O8. The van der Waals surface area contributed by atoms with E-state index in [4.69, 9.17) is 25.8 Å². The molecule has 0 saturated carbocycles. The third-order valence-corrected chi connectivity index (χ3v) is 5.53. The van der Waals surface area contributed by atoms with Crippen molar-refractivity contribution < 1.29 is 33.5 Å². The summed E-state index contributed by atoms with van der Waals surface area (Å²) in [5.41, 5.74) is 3.46. The highest BCUT2D eigenvalue weighted by Gasteiger charge is 2.32. The molecule has 38 heavy (non-hydrogen) atoms. The van der Waals surface area contributed by atoms with Gasteiger partial charge in [0.1, 0.15) is 5.02 Å². The molecule has 0 spiro atoms. The van der Waals surface area contributed by atoms with E-state index < -0.39 is 35.5 Å². The van der Waals surface area contributed by atoms with Crippen molar-refractivity contribution in [2.45, 2.75) is 19.9 Å². The number of allylic oxidation sites excluding steroid dienone is 1. The van der Waals surface area contributed by atoms with Crippen molar-refractivity contribution >= 4 is 41.4 Å². The van der Waals surface area contributed by atoms with Gasteiger partial charge in [-0.2, -0.15) is 5.10 Å². The summed E-state index contributed by atoms with van der Waals surface area (Å²) < 4.78 is 16.0. The molecule has 1 heterocycles. The number of nitro benzene ring substituents is 1. The Balaban J connectivity index is 1.68. The minimum Gasteiger partial charge on any atom is -0.493 e. The Bertz CT molecular complexity index is 1330. The molecule has 1 aliphatic rings. The second-order valence-corrected chi connectivity index (χ2v) is 8.16. The average Bonchev–Trinajstić information content (AvgIpc) is 2.87. The van der Waals surface area contributed by atoms with Gasteiger partial charge in [0.05, 0.1) is 36.5 Å². The molecule has 0 unspecified atom stereocenters. The lowest BCUT2D eigenvalue weighted by Gasteiger charge is -2.28. The van der Waals surface area contributed by atoms with E-state index in [9.17, 15) is 24.5 Å². The number of hydrogen-bond donors (Lipinski definition) is 3. The zero-order valence-corrected chi connectivity index (χ0v) is 21.3. The summed E-state index contributed by atoms with van der Waals surface area (Å²) in [6, 6.07) is 7.51. The molecule has 200 valence electrons. The summed E-state index contributed by atoms with van der Waals surface area (Å²) in [6.45, 7) is 3.02. The smallest absolute Gasteiger partial charge is 0.338 e. The van der Waals surface area contributed by atoms with Crippen LogP contribution in [0.25, 0.3) is 0 Å². The number of halogens is 1. The van der Waals surface area contributed by atoms with Crippen LogP contribution in [0.4, 0.5) is 10.5 Å². The number of esters is 1. The highest BCUT2D eigenvalue weighted by atomic mass is 35.5. The first kappa shape index (κ1) is 27.9. The summed E-state index contributed by atoms with van der Waals surface area (Å²) in [5, 5.41) is 20.0. The number of carbonyl (C=O) groups is 3. The average molecular weight is 546 g/mol. The Morgan fingerprint density at radius 2 is 2.00 bits per heavy atom. The molecule has 0 bridgehead atoms. The molecule has 0 aromatic heterocycles. The molecule has 3 N–H and O–H groups in total. The van der Waals surface area contributed by atoms with E-state index in [1.54, 1.807) is 26.0 Å². The third-order valence-electron chi connectivity index (χ3n) is 5.21. The minimum absolute atomic E-state index is 0.0182. The lowest BCUT2D eigenvalue weighted by Crippen LogP contribution is -2.45. The molecule has 0 fully saturated rings. The van der Waals surface area contributed by atoms with E-state index >= 15 is 0 Å². The Morgan fingerprint density at radius 3 is 2.68 bits per heavy atom. The van der Waals surface area contributed by atoms with Gasteiger partial charge in [-0.25, -0.2) is 15.0 Å². The van der Waals surface area contributed by atoms with Crippen molar-refractivity contribution in [3.63, 3.8) is 0 Å². The van der Waals surface area contributed by atoms with Crippen LogP contribution in [-0.2, 0) is 14.3 Å². The zero-order valence-electron chi connectivity index (χ0n) is 20.6. The predicted octanol–water partition coefficient (Wildman–Crippen LogP) is 2.98. The SMILES string of the molecule is CCOC(=O)C1=C(C)NC(=O)N[C@H]1c1ccc(OCC(=O)N/N=C\c2ccc(Cl)c([N+](=O)[O-])c2)c(OC)c1. The number of hydrogen-bond acceptors (Lipinski definition) is 9. The number of nitrogens with one attached hydrogen (secondary N) is 3. The fourth-order valence-electron chi connectivity index (χ4n) is 3.51. The highest BCUT2D eigenvalue weighted by molar-refractivity contribution is 6.32. The van der Waals surface area contributed by atoms with Gasteiger partial charge in [-0.3, -0.25) is 14.9 Å². The first-order chi connectivity index (χ1) is 18.1. The van der Waals surface area contributed by atoms with Crippen LogP contribution in [-0.4, -0.2) is 49.4 Å². The molecule has 3 rings (SSSR count). The summed E-state index contributed by atoms with van der Waals surface area (Å²) in [6.07, 6.45) is 1.22. The summed E-state index contributed by atoms with van der Waals surface area (Å²) in [4.78, 5) is 47.1. The van der Waals surface area contributed by atoms with Gasteiger partial charge in [0, 0.05) is 17.3 Å². The van der Waals surface area contributed by atoms with Crippen LogP contribution in [0.3, 0.4) is 0 Å². The van der Waals surface area contributed by atoms with Crippen LogP contribution >= 0.6 is 11.6 Å². The van der Waals surface area contributed by atoms with Gasteiger partial charge in [0.15, 0.2) is 18.1 Å². The Morgan fingerprint density at radius 1 is 1.24 bits per heavy atom. The van der Waals surface area contributed by atoms with Crippen LogP contribution in [0.1, 0.15) is 31.0 Å². The largest absolute Gasteiger partial charge is 0.493 e. The number of nitrogens with zero attached hydrogens (tertiary/aromatic N) is 2. The van der Waals surface area contributed by atoms with Crippen molar-refractivity contribution in [3.05, 3.63) is 73.9 Å². The van der Waals surface area contributed by atoms with E-state index in [0.29, 0.717) is 16.8 Å². The molecule has 2 aromatic carbocycles. The van der Waals surface area contributed by atoms with E-state index in [2.05, 4.69) is 21.2 Å². The number of ether oxygens (including phenoxy) is 3. The van der Waals surface area contributed by atoms with Gasteiger partial charge in [0.25, 0.3) is 11.6 Å². The van der Waals surface area contributed by atoms with Crippen LogP contribution in [0.15, 0.2) is 52.8 Å². The number of amides is 3. The Hall–Kier alpha value is -4.65. The van der Waals surface area contributed by atoms with E-state index in [0.717, 1.165) is 0 Å². The van der Waals surface area contributed by atoms with Gasteiger partial charge in [-0.15, -0.1) is 0 Å². The van der Waals surface area contributed by atoms with Crippen LogP contribution < -0.4 is 25.5 Å². The van der Waals surface area contributed by atoms with Crippen molar-refractivity contribution in [2.24, 2.45) is 5.10 Å². The highest BCUT2D eigenvalue weighted by Crippen LogP contribution is 2.34. The number of urea groups is 1. The predicted molar refractivity (Wildman–Crippen MR) is 136 cm³/mol. The second-order valence-electron chi connectivity index (χ2n) is 7.75. The monoisotopic (exact) mass is 545 g/mol. The number of methoxy groups -OCH3 is 1. The number of benzene rings is 2. The summed E-state index contributed by atoms with van der Waals surface area (Å²) >= 11 is 5.77. The van der Waals surface area contributed by atoms with Gasteiger partial charge < -0.3 is 24.8 Å². The fourth-order valence-corrected chi connectivity index (χ4v) is 3.70. The maximum absolute atomic E-state index is 12.5. The molecule has 1 atom stereocenters. The molecular weight excluding hydrogens is 522 g/mol. The van der Waals surface area contributed by atoms with Crippen LogP contribution in [0.2, 0.25) is 5.02 Å². The summed E-state index contributed by atoms with van der Waals surface area (Å²) in [5.74, 6) is -0.708. The number of rotatable bonds is 10. The van der Waals surface area contributed by atoms with Crippen molar-refractivity contribution in [3.8, 4) is 11.5 Å². The Kier molecular flexibility index (Phi) is 9.22. The Labute approximate surface area is 221 Å². The van der Waals surface area contributed by atoms with Crippen molar-refractivity contribution in [1.82, 2.24) is 16.1 Å². The standard InChI is InChI=1S/C24H24ClN5O8/c1-4-37-23(32)21-13(2)27-24(33)28-22(21)15-6-8-18(19(10-15)36-3)38-12-20(31)29-26-11-14-5-7-16(25)17(9-14)30(34)35/h5-11,22H,4,12H2,1-3H3,(H,29,31)(H2,27,28,33)/b26-11-/t22-/m0/s1. The van der Waals surface area contributed by atoms with Gasteiger partial charge in [-0.05, 0) is 37.6 Å². The van der Waals surface area contributed by atoms with Gasteiger partial charge >= 0.3 is 12.0 Å². The molecule has 2 aromatic rings. The quantitative estimate of drug-likeness (QED) is 0.177. The fraction of sp³-hybridized carbons (Fsp3) is 0.250. The zero-order chi connectivity index (χ0) is 27.8. The van der Waals surface area contributed by atoms with Crippen molar-refractivity contribution in [1.29, 1.82) is 0 Å². The molecule has 0 aliphatic carbocycles. The normalized spacial score (nSPS) is 14.9. The molecule has 0 saturated heterocycles. The topological polar surface area (TPSA) is 170 Å².